The zero-order valence-electron chi connectivity index (χ0n) is 11.6. The highest BCUT2D eigenvalue weighted by Crippen LogP contribution is 2.30. The number of piperidine rings is 1. The molecule has 1 fully saturated rings. The van der Waals surface area contributed by atoms with Gasteiger partial charge in [-0.3, -0.25) is 4.79 Å². The lowest BCUT2D eigenvalue weighted by atomic mass is 9.85. The standard InChI is InChI=1S/C15H20FNO2/c1-9-6-10(2)11(3)17(8-9)15(19)13-5-4-12(16)7-14(13)18/h4-5,7,9-11,18H,6,8H2,1-3H3. The lowest BCUT2D eigenvalue weighted by molar-refractivity contribution is 0.0453. The zero-order valence-corrected chi connectivity index (χ0v) is 11.6. The third kappa shape index (κ3) is 2.72. The minimum absolute atomic E-state index is 0.133. The number of carbonyl (C=O) groups excluding carboxylic acids is 1. The van der Waals surface area contributed by atoms with E-state index in [-0.39, 0.29) is 23.3 Å². The van der Waals surface area contributed by atoms with Crippen molar-refractivity contribution < 1.29 is 14.3 Å². The van der Waals surface area contributed by atoms with Crippen molar-refractivity contribution in [2.24, 2.45) is 11.8 Å². The van der Waals surface area contributed by atoms with Crippen molar-refractivity contribution in [2.75, 3.05) is 6.54 Å². The van der Waals surface area contributed by atoms with E-state index in [1.54, 1.807) is 4.90 Å². The first-order chi connectivity index (χ1) is 8.90. The van der Waals surface area contributed by atoms with Crippen molar-refractivity contribution in [2.45, 2.75) is 33.2 Å². The molecule has 1 N–H and O–H groups in total. The molecule has 3 unspecified atom stereocenters. The van der Waals surface area contributed by atoms with Gasteiger partial charge in [0.1, 0.15) is 11.6 Å². The number of halogens is 1. The number of rotatable bonds is 1. The molecule has 0 saturated carbocycles. The Kier molecular flexibility index (Phi) is 3.78. The van der Waals surface area contributed by atoms with Crippen molar-refractivity contribution >= 4 is 5.91 Å². The number of nitrogens with zero attached hydrogens (tertiary/aromatic N) is 1. The molecule has 0 radical (unpaired) electrons. The monoisotopic (exact) mass is 265 g/mol. The lowest BCUT2D eigenvalue weighted by Crippen LogP contribution is -2.48. The van der Waals surface area contributed by atoms with Gasteiger partial charge in [-0.1, -0.05) is 13.8 Å². The van der Waals surface area contributed by atoms with Gasteiger partial charge >= 0.3 is 0 Å². The van der Waals surface area contributed by atoms with E-state index in [1.807, 2.05) is 6.92 Å². The molecule has 104 valence electrons. The van der Waals surface area contributed by atoms with Crippen LogP contribution in [-0.4, -0.2) is 28.5 Å². The summed E-state index contributed by atoms with van der Waals surface area (Å²) in [4.78, 5) is 14.3. The van der Waals surface area contributed by atoms with Crippen LogP contribution in [0.2, 0.25) is 0 Å². The number of benzene rings is 1. The molecule has 0 bridgehead atoms. The Morgan fingerprint density at radius 3 is 2.68 bits per heavy atom. The van der Waals surface area contributed by atoms with E-state index in [1.165, 1.54) is 12.1 Å². The molecule has 3 atom stereocenters. The highest BCUT2D eigenvalue weighted by Gasteiger charge is 2.33. The molecule has 1 heterocycles. The molecular formula is C15H20FNO2. The van der Waals surface area contributed by atoms with Crippen LogP contribution in [0, 0.1) is 17.7 Å². The minimum Gasteiger partial charge on any atom is -0.507 e. The molecule has 1 aromatic rings. The Morgan fingerprint density at radius 1 is 1.37 bits per heavy atom. The Labute approximate surface area is 113 Å². The van der Waals surface area contributed by atoms with Crippen molar-refractivity contribution in [3.63, 3.8) is 0 Å². The van der Waals surface area contributed by atoms with Gasteiger partial charge in [-0.05, 0) is 37.3 Å². The van der Waals surface area contributed by atoms with Crippen LogP contribution in [0.25, 0.3) is 0 Å². The molecule has 0 aromatic heterocycles. The summed E-state index contributed by atoms with van der Waals surface area (Å²) in [5.74, 6) is -0.179. The molecule has 1 aliphatic rings. The van der Waals surface area contributed by atoms with Crippen LogP contribution >= 0.6 is 0 Å². The zero-order chi connectivity index (χ0) is 14.2. The van der Waals surface area contributed by atoms with Gasteiger partial charge < -0.3 is 10.0 Å². The molecule has 0 spiro atoms. The van der Waals surface area contributed by atoms with Gasteiger partial charge in [0.2, 0.25) is 0 Å². The summed E-state index contributed by atoms with van der Waals surface area (Å²) >= 11 is 0. The maximum atomic E-state index is 13.0. The molecule has 19 heavy (non-hydrogen) atoms. The molecule has 1 saturated heterocycles. The minimum atomic E-state index is -0.539. The maximum absolute atomic E-state index is 13.0. The highest BCUT2D eigenvalue weighted by molar-refractivity contribution is 5.97. The summed E-state index contributed by atoms with van der Waals surface area (Å²) in [6, 6.07) is 3.67. The highest BCUT2D eigenvalue weighted by atomic mass is 19.1. The Bertz CT molecular complexity index is 489. The number of carbonyl (C=O) groups is 1. The topological polar surface area (TPSA) is 40.5 Å². The van der Waals surface area contributed by atoms with Gasteiger partial charge in [-0.2, -0.15) is 0 Å². The molecular weight excluding hydrogens is 245 g/mol. The first-order valence-electron chi connectivity index (χ1n) is 6.69. The molecule has 4 heteroatoms. The molecule has 1 amide bonds. The quantitative estimate of drug-likeness (QED) is 0.848. The van der Waals surface area contributed by atoms with E-state index in [4.69, 9.17) is 0 Å². The normalized spacial score (nSPS) is 27.4. The largest absolute Gasteiger partial charge is 0.507 e. The fourth-order valence-electron chi connectivity index (χ4n) is 2.82. The fraction of sp³-hybridized carbons (Fsp3) is 0.533. The average molecular weight is 265 g/mol. The first-order valence-corrected chi connectivity index (χ1v) is 6.69. The van der Waals surface area contributed by atoms with E-state index in [9.17, 15) is 14.3 Å². The number of amides is 1. The molecule has 0 aliphatic carbocycles. The SMILES string of the molecule is CC1CC(C)C(C)N(C(=O)c2ccc(F)cc2O)C1. The predicted molar refractivity (Wildman–Crippen MR) is 71.5 cm³/mol. The number of phenolic OH excluding ortho intramolecular Hbond substituents is 1. The van der Waals surface area contributed by atoms with Gasteiger partial charge in [-0.15, -0.1) is 0 Å². The van der Waals surface area contributed by atoms with Crippen LogP contribution < -0.4 is 0 Å². The van der Waals surface area contributed by atoms with Gasteiger partial charge in [0, 0.05) is 18.7 Å². The van der Waals surface area contributed by atoms with E-state index >= 15 is 0 Å². The van der Waals surface area contributed by atoms with Crippen molar-refractivity contribution in [1.29, 1.82) is 0 Å². The van der Waals surface area contributed by atoms with Gasteiger partial charge in [0.25, 0.3) is 5.91 Å². The third-order valence-electron chi connectivity index (χ3n) is 4.05. The number of hydrogen-bond acceptors (Lipinski definition) is 2. The Morgan fingerprint density at radius 2 is 2.05 bits per heavy atom. The number of likely N-dealkylation sites (tertiary alicyclic amines) is 1. The van der Waals surface area contributed by atoms with Crippen LogP contribution in [0.4, 0.5) is 4.39 Å². The lowest BCUT2D eigenvalue weighted by Gasteiger charge is -2.41. The Balaban J connectivity index is 2.27. The van der Waals surface area contributed by atoms with Crippen LogP contribution in [0.5, 0.6) is 5.75 Å². The fourth-order valence-corrected chi connectivity index (χ4v) is 2.82. The number of aromatic hydroxyl groups is 1. The van der Waals surface area contributed by atoms with E-state index < -0.39 is 5.82 Å². The van der Waals surface area contributed by atoms with Gasteiger partial charge in [0.15, 0.2) is 0 Å². The van der Waals surface area contributed by atoms with Crippen LogP contribution in [-0.2, 0) is 0 Å². The Hall–Kier alpha value is -1.58. The molecule has 1 aliphatic heterocycles. The second kappa shape index (κ2) is 5.19. The smallest absolute Gasteiger partial charge is 0.257 e. The summed E-state index contributed by atoms with van der Waals surface area (Å²) in [6.45, 7) is 6.95. The van der Waals surface area contributed by atoms with Crippen LogP contribution in [0.15, 0.2) is 18.2 Å². The van der Waals surface area contributed by atoms with Gasteiger partial charge in [-0.25, -0.2) is 4.39 Å². The number of hydrogen-bond donors (Lipinski definition) is 1. The average Bonchev–Trinajstić information content (AvgIpc) is 2.33. The van der Waals surface area contributed by atoms with E-state index in [0.717, 1.165) is 12.5 Å². The summed E-state index contributed by atoms with van der Waals surface area (Å²) < 4.78 is 13.0. The predicted octanol–water partition coefficient (Wildman–Crippen LogP) is 3.04. The first kappa shape index (κ1) is 13.8. The second-order valence-corrected chi connectivity index (χ2v) is 5.68. The molecule has 2 rings (SSSR count). The number of phenols is 1. The summed E-state index contributed by atoms with van der Waals surface area (Å²) in [5.41, 5.74) is 0.176. The second-order valence-electron chi connectivity index (χ2n) is 5.68. The van der Waals surface area contributed by atoms with Crippen molar-refractivity contribution in [3.8, 4) is 5.75 Å². The molecule has 1 aromatic carbocycles. The van der Waals surface area contributed by atoms with Crippen molar-refractivity contribution in [1.82, 2.24) is 4.90 Å². The van der Waals surface area contributed by atoms with Crippen LogP contribution in [0.1, 0.15) is 37.6 Å². The van der Waals surface area contributed by atoms with E-state index in [0.29, 0.717) is 18.4 Å². The van der Waals surface area contributed by atoms with Gasteiger partial charge in [0.05, 0.1) is 5.56 Å². The summed E-state index contributed by atoms with van der Waals surface area (Å²) in [7, 11) is 0. The maximum Gasteiger partial charge on any atom is 0.257 e. The summed E-state index contributed by atoms with van der Waals surface area (Å²) in [5, 5.41) is 9.72. The van der Waals surface area contributed by atoms with Crippen molar-refractivity contribution in [3.05, 3.63) is 29.6 Å². The third-order valence-corrected chi connectivity index (χ3v) is 4.05. The van der Waals surface area contributed by atoms with Crippen LogP contribution in [0.3, 0.4) is 0 Å². The molecule has 3 nitrogen and oxygen atoms in total. The van der Waals surface area contributed by atoms with E-state index in [2.05, 4.69) is 13.8 Å². The summed E-state index contributed by atoms with van der Waals surface area (Å²) in [6.07, 6.45) is 1.10.